The van der Waals surface area contributed by atoms with Crippen LogP contribution in [0.2, 0.25) is 0 Å². The molecule has 0 saturated carbocycles. The van der Waals surface area contributed by atoms with Gasteiger partial charge in [0.15, 0.2) is 5.82 Å². The average Bonchev–Trinajstić information content (AvgIpc) is 3.13. The van der Waals surface area contributed by atoms with Crippen LogP contribution in [0.3, 0.4) is 0 Å². The molecule has 0 bridgehead atoms. The number of nitrogen functional groups attached to an aromatic ring is 1. The standard InChI is InChI=1S/C24H19FN4O2/c25-17-11-5-3-9-15(17)21-19-20(26)16-10-4-6-12-18(16)27-22(19)29-24(31)14-8-2-1-7-13(14)23(30)28(21)29/h1-3,5,7-9,11,21H,4,6,10,12H2,(H2,26,27). The molecular formula is C24H19FN4O2. The topological polar surface area (TPSA) is 82.9 Å². The van der Waals surface area contributed by atoms with E-state index < -0.39 is 11.9 Å². The zero-order valence-electron chi connectivity index (χ0n) is 16.6. The summed E-state index contributed by atoms with van der Waals surface area (Å²) in [7, 11) is 0. The Balaban J connectivity index is 1.82. The van der Waals surface area contributed by atoms with E-state index in [1.807, 2.05) is 0 Å². The van der Waals surface area contributed by atoms with Gasteiger partial charge in [-0.1, -0.05) is 30.3 Å². The number of halogens is 1. The monoisotopic (exact) mass is 414 g/mol. The largest absolute Gasteiger partial charge is 0.398 e. The van der Waals surface area contributed by atoms with Crippen LogP contribution >= 0.6 is 0 Å². The van der Waals surface area contributed by atoms with E-state index >= 15 is 0 Å². The van der Waals surface area contributed by atoms with Crippen molar-refractivity contribution in [2.45, 2.75) is 31.7 Å². The van der Waals surface area contributed by atoms with Gasteiger partial charge in [0.05, 0.1) is 10.8 Å². The van der Waals surface area contributed by atoms with Crippen molar-refractivity contribution >= 4 is 16.5 Å². The van der Waals surface area contributed by atoms with Crippen LogP contribution in [0.15, 0.2) is 58.1 Å². The summed E-state index contributed by atoms with van der Waals surface area (Å²) in [4.78, 5) is 31.9. The molecule has 7 heteroatoms. The summed E-state index contributed by atoms with van der Waals surface area (Å²) < 4.78 is 17.6. The molecule has 1 aliphatic heterocycles. The second kappa shape index (κ2) is 6.38. The molecule has 2 aromatic carbocycles. The summed E-state index contributed by atoms with van der Waals surface area (Å²) in [5.74, 6) is -0.129. The van der Waals surface area contributed by atoms with Gasteiger partial charge in [-0.05, 0) is 49.4 Å². The van der Waals surface area contributed by atoms with Crippen LogP contribution in [-0.2, 0) is 12.8 Å². The fourth-order valence-electron chi connectivity index (χ4n) is 5.02. The van der Waals surface area contributed by atoms with Gasteiger partial charge in [0.2, 0.25) is 0 Å². The number of aryl methyl sites for hydroxylation is 1. The number of benzene rings is 2. The minimum absolute atomic E-state index is 0.288. The smallest absolute Gasteiger partial charge is 0.279 e. The van der Waals surface area contributed by atoms with E-state index in [0.717, 1.165) is 36.9 Å². The number of aromatic nitrogens is 3. The van der Waals surface area contributed by atoms with E-state index in [2.05, 4.69) is 0 Å². The van der Waals surface area contributed by atoms with Crippen LogP contribution in [0.4, 0.5) is 10.1 Å². The van der Waals surface area contributed by atoms with Gasteiger partial charge in [-0.25, -0.2) is 14.1 Å². The number of hydrogen-bond acceptors (Lipinski definition) is 4. The van der Waals surface area contributed by atoms with E-state index in [-0.39, 0.29) is 16.7 Å². The van der Waals surface area contributed by atoms with Crippen molar-refractivity contribution < 1.29 is 4.39 Å². The number of fused-ring (bicyclic) bond motifs is 5. The fourth-order valence-corrected chi connectivity index (χ4v) is 5.02. The number of nitrogens with zero attached hydrogens (tertiary/aromatic N) is 3. The fraction of sp³-hybridized carbons (Fsp3) is 0.208. The second-order valence-electron chi connectivity index (χ2n) is 8.13. The lowest BCUT2D eigenvalue weighted by Gasteiger charge is -2.21. The first-order valence-corrected chi connectivity index (χ1v) is 10.4. The highest BCUT2D eigenvalue weighted by Gasteiger charge is 2.39. The summed E-state index contributed by atoms with van der Waals surface area (Å²) in [5, 5.41) is 0.600. The lowest BCUT2D eigenvalue weighted by Crippen LogP contribution is -2.36. The van der Waals surface area contributed by atoms with Crippen LogP contribution in [-0.4, -0.2) is 14.3 Å². The summed E-state index contributed by atoms with van der Waals surface area (Å²) in [5.41, 5.74) is 9.03. The molecule has 0 spiro atoms. The maximum absolute atomic E-state index is 15.0. The molecule has 2 aliphatic rings. The molecule has 6 nitrogen and oxygen atoms in total. The average molecular weight is 414 g/mol. The maximum Gasteiger partial charge on any atom is 0.279 e. The van der Waals surface area contributed by atoms with Gasteiger partial charge in [-0.15, -0.1) is 0 Å². The molecule has 6 rings (SSSR count). The molecule has 2 N–H and O–H groups in total. The van der Waals surface area contributed by atoms with Gasteiger partial charge in [0.1, 0.15) is 11.9 Å². The number of pyridine rings is 1. The van der Waals surface area contributed by atoms with Crippen molar-refractivity contribution in [3.8, 4) is 5.82 Å². The Kier molecular flexibility index (Phi) is 3.72. The summed E-state index contributed by atoms with van der Waals surface area (Å²) in [6.45, 7) is 0. The van der Waals surface area contributed by atoms with Crippen molar-refractivity contribution in [1.82, 2.24) is 14.3 Å². The van der Waals surface area contributed by atoms with Crippen molar-refractivity contribution in [2.75, 3.05) is 5.73 Å². The molecule has 0 fully saturated rings. The molecule has 0 radical (unpaired) electrons. The van der Waals surface area contributed by atoms with Gasteiger partial charge in [0, 0.05) is 22.5 Å². The van der Waals surface area contributed by atoms with Gasteiger partial charge in [0.25, 0.3) is 11.1 Å². The first kappa shape index (κ1) is 18.1. The minimum Gasteiger partial charge on any atom is -0.398 e. The van der Waals surface area contributed by atoms with Crippen LogP contribution in [0, 0.1) is 5.82 Å². The van der Waals surface area contributed by atoms with Gasteiger partial charge in [-0.2, -0.15) is 4.68 Å². The molecule has 0 saturated heterocycles. The first-order chi connectivity index (χ1) is 15.1. The van der Waals surface area contributed by atoms with E-state index in [0.29, 0.717) is 27.8 Å². The molecule has 2 aromatic heterocycles. The number of rotatable bonds is 1. The molecule has 1 unspecified atom stereocenters. The Morgan fingerprint density at radius 1 is 0.935 bits per heavy atom. The summed E-state index contributed by atoms with van der Waals surface area (Å²) >= 11 is 0. The summed E-state index contributed by atoms with van der Waals surface area (Å²) in [6, 6.07) is 12.1. The zero-order chi connectivity index (χ0) is 21.3. The van der Waals surface area contributed by atoms with Crippen LogP contribution < -0.4 is 16.9 Å². The normalized spacial score (nSPS) is 16.7. The number of nitrogens with two attached hydrogens (primary N) is 1. The number of anilines is 1. The molecule has 3 heterocycles. The van der Waals surface area contributed by atoms with E-state index in [4.69, 9.17) is 10.7 Å². The third-order valence-electron chi connectivity index (χ3n) is 6.46. The predicted molar refractivity (Wildman–Crippen MR) is 116 cm³/mol. The second-order valence-corrected chi connectivity index (χ2v) is 8.13. The van der Waals surface area contributed by atoms with Crippen LogP contribution in [0.5, 0.6) is 0 Å². The molecular weight excluding hydrogens is 395 g/mol. The Morgan fingerprint density at radius 3 is 2.39 bits per heavy atom. The SMILES string of the molecule is Nc1c2c(nc3c1C(c1ccccc1F)n1c(=O)c4ccccc4c(=O)n1-3)CCCC2. The highest BCUT2D eigenvalue weighted by Crippen LogP contribution is 2.42. The van der Waals surface area contributed by atoms with Crippen molar-refractivity contribution in [2.24, 2.45) is 0 Å². The van der Waals surface area contributed by atoms with Gasteiger partial charge in [-0.3, -0.25) is 9.59 Å². The Morgan fingerprint density at radius 2 is 1.61 bits per heavy atom. The molecule has 1 aliphatic carbocycles. The van der Waals surface area contributed by atoms with E-state index in [9.17, 15) is 14.0 Å². The van der Waals surface area contributed by atoms with Crippen LogP contribution in [0.1, 0.15) is 41.3 Å². The number of hydrogen-bond donors (Lipinski definition) is 1. The lowest BCUT2D eigenvalue weighted by atomic mass is 9.89. The quantitative estimate of drug-likeness (QED) is 0.457. The Bertz CT molecular complexity index is 1520. The lowest BCUT2D eigenvalue weighted by molar-refractivity contribution is 0.513. The molecule has 31 heavy (non-hydrogen) atoms. The predicted octanol–water partition coefficient (Wildman–Crippen LogP) is 3.10. The van der Waals surface area contributed by atoms with Crippen LogP contribution in [0.25, 0.3) is 16.6 Å². The summed E-state index contributed by atoms with van der Waals surface area (Å²) in [6.07, 6.45) is 3.55. The Labute approximate surface area is 176 Å². The Hall–Kier alpha value is -3.74. The third kappa shape index (κ3) is 2.34. The highest BCUT2D eigenvalue weighted by atomic mass is 19.1. The first-order valence-electron chi connectivity index (χ1n) is 10.4. The highest BCUT2D eigenvalue weighted by molar-refractivity contribution is 5.81. The molecule has 1 atom stereocenters. The zero-order valence-corrected chi connectivity index (χ0v) is 16.6. The van der Waals surface area contributed by atoms with E-state index in [1.165, 1.54) is 15.4 Å². The van der Waals surface area contributed by atoms with Gasteiger partial charge >= 0.3 is 0 Å². The third-order valence-corrected chi connectivity index (χ3v) is 6.46. The molecule has 4 aromatic rings. The van der Waals surface area contributed by atoms with Crippen molar-refractivity contribution in [3.05, 3.63) is 97.4 Å². The minimum atomic E-state index is -0.860. The van der Waals surface area contributed by atoms with E-state index in [1.54, 1.807) is 42.5 Å². The molecule has 154 valence electrons. The molecule has 0 amide bonds. The maximum atomic E-state index is 15.0. The van der Waals surface area contributed by atoms with Crippen molar-refractivity contribution in [3.63, 3.8) is 0 Å². The van der Waals surface area contributed by atoms with Gasteiger partial charge < -0.3 is 5.73 Å². The van der Waals surface area contributed by atoms with Crippen molar-refractivity contribution in [1.29, 1.82) is 0 Å².